The number of nitrogens with two attached hydrogens (primary N) is 1. The number of aryl methyl sites for hydroxylation is 1. The minimum atomic E-state index is 0.783. The van der Waals surface area contributed by atoms with Crippen molar-refractivity contribution >= 4 is 22.1 Å². The quantitative estimate of drug-likeness (QED) is 0.709. The van der Waals surface area contributed by atoms with E-state index in [1.807, 2.05) is 24.4 Å². The summed E-state index contributed by atoms with van der Waals surface area (Å²) in [5.41, 5.74) is 10.5. The minimum Gasteiger partial charge on any atom is -0.398 e. The van der Waals surface area contributed by atoms with Crippen LogP contribution in [-0.2, 0) is 13.0 Å². The van der Waals surface area contributed by atoms with Gasteiger partial charge in [-0.3, -0.25) is 4.98 Å². The molecule has 2 aromatic carbocycles. The average molecular weight is 277 g/mol. The smallest absolute Gasteiger partial charge is 0.0439 e. The number of nitrogen functional groups attached to an aromatic ring is 1. The van der Waals surface area contributed by atoms with Gasteiger partial charge in [-0.15, -0.1) is 0 Å². The van der Waals surface area contributed by atoms with Gasteiger partial charge in [0, 0.05) is 41.1 Å². The second-order valence-electron chi connectivity index (χ2n) is 5.15. The molecule has 0 bridgehead atoms. The minimum absolute atomic E-state index is 0.783. The zero-order valence-corrected chi connectivity index (χ0v) is 12.1. The number of benzene rings is 2. The molecule has 0 spiro atoms. The van der Waals surface area contributed by atoms with Crippen molar-refractivity contribution in [3.05, 3.63) is 66.0 Å². The summed E-state index contributed by atoms with van der Waals surface area (Å²) in [5, 5.41) is 5.57. The Morgan fingerprint density at radius 2 is 1.71 bits per heavy atom. The van der Waals surface area contributed by atoms with E-state index < -0.39 is 0 Å². The Hall–Kier alpha value is -2.55. The van der Waals surface area contributed by atoms with E-state index >= 15 is 0 Å². The summed E-state index contributed by atoms with van der Waals surface area (Å²) in [5.74, 6) is 0. The molecule has 1 aromatic heterocycles. The number of hydrogen-bond donors (Lipinski definition) is 2. The van der Waals surface area contributed by atoms with E-state index in [1.54, 1.807) is 6.20 Å². The van der Waals surface area contributed by atoms with Gasteiger partial charge < -0.3 is 11.1 Å². The third kappa shape index (κ3) is 2.82. The molecule has 0 aliphatic heterocycles. The van der Waals surface area contributed by atoms with E-state index in [4.69, 9.17) is 5.73 Å². The summed E-state index contributed by atoms with van der Waals surface area (Å²) in [7, 11) is 0. The standard InChI is InChI=1S/C18H19N3/c1-2-13-3-5-14(6-4-13)11-21-18-8-7-17(19)15-9-10-20-12-16(15)18/h3-10,12,21H,2,11,19H2,1H3. The van der Waals surface area contributed by atoms with Crippen molar-refractivity contribution in [2.75, 3.05) is 11.1 Å². The Morgan fingerprint density at radius 1 is 0.952 bits per heavy atom. The Bertz CT molecular complexity index is 748. The zero-order valence-electron chi connectivity index (χ0n) is 12.1. The third-order valence-electron chi connectivity index (χ3n) is 3.77. The number of aromatic nitrogens is 1. The maximum atomic E-state index is 6.01. The number of rotatable bonds is 4. The Balaban J connectivity index is 1.83. The van der Waals surface area contributed by atoms with Gasteiger partial charge in [0.1, 0.15) is 0 Å². The normalized spacial score (nSPS) is 10.7. The lowest BCUT2D eigenvalue weighted by atomic mass is 10.1. The molecule has 0 aliphatic carbocycles. The monoisotopic (exact) mass is 277 g/mol. The van der Waals surface area contributed by atoms with Crippen molar-refractivity contribution < 1.29 is 0 Å². The largest absolute Gasteiger partial charge is 0.398 e. The molecule has 3 rings (SSSR count). The predicted octanol–water partition coefficient (Wildman–Crippen LogP) is 3.99. The first-order chi connectivity index (χ1) is 10.3. The summed E-state index contributed by atoms with van der Waals surface area (Å²) in [6.45, 7) is 2.96. The molecule has 0 aliphatic rings. The van der Waals surface area contributed by atoms with E-state index in [0.717, 1.165) is 35.1 Å². The summed E-state index contributed by atoms with van der Waals surface area (Å²) < 4.78 is 0. The van der Waals surface area contributed by atoms with E-state index in [0.29, 0.717) is 0 Å². The van der Waals surface area contributed by atoms with Gasteiger partial charge in [0.2, 0.25) is 0 Å². The van der Waals surface area contributed by atoms with Crippen LogP contribution >= 0.6 is 0 Å². The van der Waals surface area contributed by atoms with Crippen LogP contribution in [0.15, 0.2) is 54.9 Å². The van der Waals surface area contributed by atoms with Crippen molar-refractivity contribution in [3.63, 3.8) is 0 Å². The molecule has 0 saturated carbocycles. The predicted molar refractivity (Wildman–Crippen MR) is 89.3 cm³/mol. The second-order valence-corrected chi connectivity index (χ2v) is 5.15. The fourth-order valence-electron chi connectivity index (χ4n) is 2.46. The lowest BCUT2D eigenvalue weighted by Crippen LogP contribution is -2.01. The van der Waals surface area contributed by atoms with Crippen molar-refractivity contribution in [1.82, 2.24) is 4.98 Å². The van der Waals surface area contributed by atoms with Crippen LogP contribution in [-0.4, -0.2) is 4.98 Å². The molecule has 0 radical (unpaired) electrons. The highest BCUT2D eigenvalue weighted by molar-refractivity contribution is 6.00. The molecule has 3 N–H and O–H groups in total. The zero-order chi connectivity index (χ0) is 14.7. The molecule has 0 amide bonds. The SMILES string of the molecule is CCc1ccc(CNc2ccc(N)c3ccncc23)cc1. The van der Waals surface area contributed by atoms with E-state index in [2.05, 4.69) is 41.5 Å². The molecule has 3 aromatic rings. The highest BCUT2D eigenvalue weighted by Gasteiger charge is 2.04. The lowest BCUT2D eigenvalue weighted by Gasteiger charge is -2.11. The van der Waals surface area contributed by atoms with Gasteiger partial charge in [-0.05, 0) is 35.7 Å². The topological polar surface area (TPSA) is 50.9 Å². The average Bonchev–Trinajstić information content (AvgIpc) is 2.55. The summed E-state index contributed by atoms with van der Waals surface area (Å²) in [6, 6.07) is 14.6. The van der Waals surface area contributed by atoms with Gasteiger partial charge in [0.05, 0.1) is 0 Å². The van der Waals surface area contributed by atoms with Gasteiger partial charge in [-0.2, -0.15) is 0 Å². The number of anilines is 2. The first kappa shape index (κ1) is 13.4. The van der Waals surface area contributed by atoms with E-state index in [9.17, 15) is 0 Å². The van der Waals surface area contributed by atoms with E-state index in [1.165, 1.54) is 11.1 Å². The number of hydrogen-bond acceptors (Lipinski definition) is 3. The van der Waals surface area contributed by atoms with Gasteiger partial charge >= 0.3 is 0 Å². The molecule has 1 heterocycles. The van der Waals surface area contributed by atoms with Crippen LogP contribution in [0.4, 0.5) is 11.4 Å². The van der Waals surface area contributed by atoms with Crippen LogP contribution in [0.2, 0.25) is 0 Å². The molecule has 3 heteroatoms. The molecule has 0 fully saturated rings. The fraction of sp³-hybridized carbons (Fsp3) is 0.167. The molecule has 106 valence electrons. The molecule has 0 atom stereocenters. The van der Waals surface area contributed by atoms with Crippen LogP contribution < -0.4 is 11.1 Å². The summed E-state index contributed by atoms with van der Waals surface area (Å²) in [6.07, 6.45) is 4.70. The molecule has 3 nitrogen and oxygen atoms in total. The van der Waals surface area contributed by atoms with Crippen molar-refractivity contribution in [3.8, 4) is 0 Å². The number of fused-ring (bicyclic) bond motifs is 1. The van der Waals surface area contributed by atoms with Crippen LogP contribution in [0.1, 0.15) is 18.1 Å². The number of pyridine rings is 1. The van der Waals surface area contributed by atoms with Crippen LogP contribution in [0.5, 0.6) is 0 Å². The van der Waals surface area contributed by atoms with Gasteiger partial charge in [0.15, 0.2) is 0 Å². The number of nitrogens with one attached hydrogen (secondary N) is 1. The van der Waals surface area contributed by atoms with Gasteiger partial charge in [0.25, 0.3) is 0 Å². The first-order valence-corrected chi connectivity index (χ1v) is 7.22. The van der Waals surface area contributed by atoms with Crippen LogP contribution in [0.25, 0.3) is 10.8 Å². The lowest BCUT2D eigenvalue weighted by molar-refractivity contribution is 1.11. The van der Waals surface area contributed by atoms with E-state index in [-0.39, 0.29) is 0 Å². The molecular weight excluding hydrogens is 258 g/mol. The Kier molecular flexibility index (Phi) is 3.73. The highest BCUT2D eigenvalue weighted by Crippen LogP contribution is 2.27. The molecule has 0 saturated heterocycles. The molecular formula is C18H19N3. The second kappa shape index (κ2) is 5.83. The van der Waals surface area contributed by atoms with Crippen LogP contribution in [0, 0.1) is 0 Å². The third-order valence-corrected chi connectivity index (χ3v) is 3.77. The maximum Gasteiger partial charge on any atom is 0.0439 e. The first-order valence-electron chi connectivity index (χ1n) is 7.22. The Morgan fingerprint density at radius 3 is 2.48 bits per heavy atom. The summed E-state index contributed by atoms with van der Waals surface area (Å²) in [4.78, 5) is 4.20. The molecule has 0 unspecified atom stereocenters. The fourth-order valence-corrected chi connectivity index (χ4v) is 2.46. The highest BCUT2D eigenvalue weighted by atomic mass is 14.9. The van der Waals surface area contributed by atoms with Gasteiger partial charge in [-0.1, -0.05) is 31.2 Å². The van der Waals surface area contributed by atoms with Gasteiger partial charge in [-0.25, -0.2) is 0 Å². The maximum absolute atomic E-state index is 6.01. The van der Waals surface area contributed by atoms with Crippen molar-refractivity contribution in [2.45, 2.75) is 19.9 Å². The molecule has 21 heavy (non-hydrogen) atoms. The number of nitrogens with zero attached hydrogens (tertiary/aromatic N) is 1. The van der Waals surface area contributed by atoms with Crippen LogP contribution in [0.3, 0.4) is 0 Å². The van der Waals surface area contributed by atoms with Crippen molar-refractivity contribution in [2.24, 2.45) is 0 Å². The Labute approximate surface area is 124 Å². The van der Waals surface area contributed by atoms with Crippen molar-refractivity contribution in [1.29, 1.82) is 0 Å². The summed E-state index contributed by atoms with van der Waals surface area (Å²) >= 11 is 0.